The van der Waals surface area contributed by atoms with Crippen LogP contribution in [0.5, 0.6) is 0 Å². The van der Waals surface area contributed by atoms with Gasteiger partial charge in [-0.15, -0.1) is 6.58 Å². The van der Waals surface area contributed by atoms with Crippen molar-refractivity contribution in [1.29, 1.82) is 0 Å². The Morgan fingerprint density at radius 1 is 1.22 bits per heavy atom. The fourth-order valence-corrected chi connectivity index (χ4v) is 7.37. The minimum atomic E-state index is -2.12. The van der Waals surface area contributed by atoms with Crippen LogP contribution in [0, 0.1) is 22.7 Å². The minimum Gasteiger partial charge on any atom is -0.441 e. The highest BCUT2D eigenvalue weighted by Gasteiger charge is 2.78. The molecule has 0 bridgehead atoms. The Kier molecular flexibility index (Phi) is 7.21. The van der Waals surface area contributed by atoms with Gasteiger partial charge < -0.3 is 35.5 Å². The number of aliphatic hydroxyl groups is 2. The average Bonchev–Trinajstić information content (AvgIpc) is 2.71. The van der Waals surface area contributed by atoms with Gasteiger partial charge >= 0.3 is 12.1 Å². The summed E-state index contributed by atoms with van der Waals surface area (Å²) >= 11 is 0. The molecule has 210 valence electrons. The predicted molar refractivity (Wildman–Crippen MR) is 135 cm³/mol. The predicted octanol–water partition coefficient (Wildman–Crippen LogP) is 2.20. The first-order valence-electron chi connectivity index (χ1n) is 12.9. The second kappa shape index (κ2) is 9.03. The van der Waals surface area contributed by atoms with Crippen LogP contribution in [0.3, 0.4) is 0 Å². The summed E-state index contributed by atoms with van der Waals surface area (Å²) in [4.78, 5) is 39.0. The third-order valence-electron chi connectivity index (χ3n) is 8.85. The van der Waals surface area contributed by atoms with E-state index >= 15 is 0 Å². The van der Waals surface area contributed by atoms with Gasteiger partial charge in [0.05, 0.1) is 29.6 Å². The second-order valence-corrected chi connectivity index (χ2v) is 13.3. The van der Waals surface area contributed by atoms with Crippen LogP contribution in [0.15, 0.2) is 12.7 Å². The van der Waals surface area contributed by atoms with Crippen molar-refractivity contribution >= 4 is 17.8 Å². The van der Waals surface area contributed by atoms with Crippen molar-refractivity contribution in [2.24, 2.45) is 28.4 Å². The molecule has 1 heterocycles. The number of ether oxygens (including phenoxy) is 3. The summed E-state index contributed by atoms with van der Waals surface area (Å²) in [6, 6.07) is 0. The lowest BCUT2D eigenvalue weighted by molar-refractivity contribution is -0.378. The number of rotatable bonds is 5. The number of esters is 1. The molecule has 8 atom stereocenters. The van der Waals surface area contributed by atoms with E-state index in [9.17, 15) is 24.6 Å². The molecule has 3 fully saturated rings. The number of aliphatic hydroxyl groups excluding tert-OH is 1. The summed E-state index contributed by atoms with van der Waals surface area (Å²) in [7, 11) is 0. The maximum absolute atomic E-state index is 14.0. The van der Waals surface area contributed by atoms with Gasteiger partial charge in [-0.1, -0.05) is 26.8 Å². The highest BCUT2D eigenvalue weighted by Crippen LogP contribution is 2.68. The first-order chi connectivity index (χ1) is 16.7. The van der Waals surface area contributed by atoms with Crippen LogP contribution in [0.4, 0.5) is 4.79 Å². The first kappa shape index (κ1) is 29.5. The van der Waals surface area contributed by atoms with E-state index in [0.29, 0.717) is 6.42 Å². The van der Waals surface area contributed by atoms with Crippen LogP contribution in [-0.4, -0.2) is 69.3 Å². The molecule has 0 aromatic rings. The van der Waals surface area contributed by atoms with Gasteiger partial charge in [0.15, 0.2) is 6.10 Å². The largest absolute Gasteiger partial charge is 0.441 e. The number of nitrogens with two attached hydrogens (primary N) is 1. The van der Waals surface area contributed by atoms with Gasteiger partial charge in [-0.3, -0.25) is 9.59 Å². The summed E-state index contributed by atoms with van der Waals surface area (Å²) in [6.07, 6.45) is -2.01. The maximum Gasteiger partial charge on any atom is 0.404 e. The van der Waals surface area contributed by atoms with Gasteiger partial charge in [0.25, 0.3) is 0 Å². The molecule has 3 aliphatic rings. The number of fused-ring (bicyclic) bond motifs is 3. The molecule has 1 amide bonds. The SMILES string of the molecule is C=C[C@@]1(C)CC(=O)[C@H]2[C@](C)(O1)[C@@H](OC(N)=O)[C@@H](O)[C@H]1C(C)(C)CC[C@@](O)(OC(=O)CNC(C)(C)C)[C@@]12C. The number of nitrogens with one attached hydrogen (secondary N) is 1. The number of ketones is 1. The van der Waals surface area contributed by atoms with Crippen molar-refractivity contribution in [2.45, 2.75) is 109 Å². The number of primary amides is 1. The van der Waals surface area contributed by atoms with Crippen molar-refractivity contribution in [3.8, 4) is 0 Å². The molecular formula is C27H44N2O8. The van der Waals surface area contributed by atoms with Gasteiger partial charge in [0.2, 0.25) is 5.79 Å². The Hall–Kier alpha value is -2.01. The smallest absolute Gasteiger partial charge is 0.404 e. The molecule has 10 heteroatoms. The molecule has 1 saturated heterocycles. The summed E-state index contributed by atoms with van der Waals surface area (Å²) in [5.41, 5.74) is 0.142. The lowest BCUT2D eigenvalue weighted by Crippen LogP contribution is -2.80. The van der Waals surface area contributed by atoms with Crippen molar-refractivity contribution in [3.05, 3.63) is 12.7 Å². The van der Waals surface area contributed by atoms with Gasteiger partial charge in [-0.05, 0) is 46.5 Å². The lowest BCUT2D eigenvalue weighted by Gasteiger charge is -2.69. The number of amides is 1. The zero-order valence-corrected chi connectivity index (χ0v) is 23.3. The van der Waals surface area contributed by atoms with E-state index in [0.717, 1.165) is 0 Å². The van der Waals surface area contributed by atoms with Gasteiger partial charge in [0, 0.05) is 24.3 Å². The molecular weight excluding hydrogens is 480 g/mol. The van der Waals surface area contributed by atoms with E-state index in [1.807, 2.05) is 34.6 Å². The summed E-state index contributed by atoms with van der Waals surface area (Å²) in [6.45, 7) is 18.0. The minimum absolute atomic E-state index is 0.0426. The van der Waals surface area contributed by atoms with Crippen molar-refractivity contribution < 1.29 is 38.8 Å². The Morgan fingerprint density at radius 2 is 1.81 bits per heavy atom. The summed E-state index contributed by atoms with van der Waals surface area (Å²) in [5, 5.41) is 27.0. The molecule has 10 nitrogen and oxygen atoms in total. The Balaban J connectivity index is 2.20. The molecule has 37 heavy (non-hydrogen) atoms. The summed E-state index contributed by atoms with van der Waals surface area (Å²) < 4.78 is 17.7. The van der Waals surface area contributed by atoms with Crippen molar-refractivity contribution in [2.75, 3.05) is 6.54 Å². The quantitative estimate of drug-likeness (QED) is 0.240. The zero-order valence-electron chi connectivity index (χ0n) is 23.3. The molecule has 0 radical (unpaired) electrons. The molecule has 5 N–H and O–H groups in total. The monoisotopic (exact) mass is 524 g/mol. The van der Waals surface area contributed by atoms with E-state index in [4.69, 9.17) is 19.9 Å². The fraction of sp³-hybridized carbons (Fsp3) is 0.815. The molecule has 2 aliphatic carbocycles. The van der Waals surface area contributed by atoms with Crippen LogP contribution < -0.4 is 11.1 Å². The molecule has 0 aromatic heterocycles. The third kappa shape index (κ3) is 4.82. The second-order valence-electron chi connectivity index (χ2n) is 13.3. The zero-order chi connectivity index (χ0) is 28.4. The number of carbonyl (C=O) groups excluding carboxylic acids is 3. The Morgan fingerprint density at radius 3 is 2.32 bits per heavy atom. The molecule has 0 unspecified atom stereocenters. The van der Waals surface area contributed by atoms with E-state index in [1.165, 1.54) is 6.08 Å². The maximum atomic E-state index is 14.0. The van der Waals surface area contributed by atoms with Crippen LogP contribution in [0.25, 0.3) is 0 Å². The number of hydrogen-bond acceptors (Lipinski definition) is 9. The topological polar surface area (TPSA) is 157 Å². The standard InChI is InChI=1S/C27H44N2O8/c1-10-24(7)13-15(30)18-25(8)19(17(32)20(35-21(28)33)26(18,9)37-24)23(5,6)11-12-27(25,34)36-16(31)14-29-22(2,3)4/h10,17-20,29,32,34H,1,11-14H2,2-9H3,(H2,28,33)/t17-,18+,19-,20-,24-,25+,26-,27+/m0/s1. The van der Waals surface area contributed by atoms with Crippen LogP contribution in [0.2, 0.25) is 0 Å². The molecule has 2 saturated carbocycles. The van der Waals surface area contributed by atoms with Gasteiger partial charge in [0.1, 0.15) is 11.4 Å². The highest BCUT2D eigenvalue weighted by atomic mass is 16.7. The number of hydrogen-bond donors (Lipinski definition) is 4. The average molecular weight is 525 g/mol. The molecule has 0 aromatic carbocycles. The van der Waals surface area contributed by atoms with Crippen LogP contribution >= 0.6 is 0 Å². The fourth-order valence-electron chi connectivity index (χ4n) is 7.37. The van der Waals surface area contributed by atoms with E-state index in [1.54, 1.807) is 20.8 Å². The normalized spacial score (nSPS) is 43.2. The number of Topliss-reactive ketones (excluding diaryl/α,β-unsaturated/α-hetero) is 1. The van der Waals surface area contributed by atoms with Crippen molar-refractivity contribution in [1.82, 2.24) is 5.32 Å². The molecule has 0 spiro atoms. The molecule has 3 rings (SSSR count). The van der Waals surface area contributed by atoms with Crippen LogP contribution in [-0.2, 0) is 23.8 Å². The van der Waals surface area contributed by atoms with E-state index < -0.39 is 63.9 Å². The summed E-state index contributed by atoms with van der Waals surface area (Å²) in [5.74, 6) is -5.03. The molecule has 1 aliphatic heterocycles. The Labute approximate surface area is 219 Å². The number of carbonyl (C=O) groups is 3. The van der Waals surface area contributed by atoms with Crippen LogP contribution in [0.1, 0.15) is 74.7 Å². The van der Waals surface area contributed by atoms with E-state index in [2.05, 4.69) is 11.9 Å². The van der Waals surface area contributed by atoms with Gasteiger partial charge in [-0.2, -0.15) is 0 Å². The van der Waals surface area contributed by atoms with E-state index in [-0.39, 0.29) is 30.7 Å². The highest BCUT2D eigenvalue weighted by molar-refractivity contribution is 5.86. The Bertz CT molecular complexity index is 976. The lowest BCUT2D eigenvalue weighted by atomic mass is 9.40. The third-order valence-corrected chi connectivity index (χ3v) is 8.85. The van der Waals surface area contributed by atoms with Crippen molar-refractivity contribution in [3.63, 3.8) is 0 Å². The van der Waals surface area contributed by atoms with Gasteiger partial charge in [-0.25, -0.2) is 4.79 Å². The first-order valence-corrected chi connectivity index (χ1v) is 12.9.